The zero-order chi connectivity index (χ0) is 18.4. The highest BCUT2D eigenvalue weighted by Crippen LogP contribution is 2.21. The van der Waals surface area contributed by atoms with Gasteiger partial charge in [0.05, 0.1) is 7.11 Å². The SMILES string of the molecule is COC(=O)N(C)c1ccc(NC(=O)COc2ccc(Cl)c(C)c2)cc1. The lowest BCUT2D eigenvalue weighted by molar-refractivity contribution is -0.118. The van der Waals surface area contributed by atoms with Crippen LogP contribution in [0.4, 0.5) is 16.2 Å². The van der Waals surface area contributed by atoms with Gasteiger partial charge in [0.1, 0.15) is 5.75 Å². The first-order valence-corrected chi connectivity index (χ1v) is 7.89. The summed E-state index contributed by atoms with van der Waals surface area (Å²) in [5, 5.41) is 3.37. The molecule has 132 valence electrons. The van der Waals surface area contributed by atoms with Crippen LogP contribution in [0.2, 0.25) is 5.02 Å². The average Bonchev–Trinajstić information content (AvgIpc) is 2.62. The number of methoxy groups -OCH3 is 1. The van der Waals surface area contributed by atoms with E-state index in [0.29, 0.717) is 22.1 Å². The number of hydrogen-bond acceptors (Lipinski definition) is 4. The maximum atomic E-state index is 12.0. The minimum atomic E-state index is -0.469. The Morgan fingerprint density at radius 1 is 1.16 bits per heavy atom. The van der Waals surface area contributed by atoms with E-state index in [0.717, 1.165) is 5.56 Å². The van der Waals surface area contributed by atoms with E-state index in [9.17, 15) is 9.59 Å². The zero-order valence-corrected chi connectivity index (χ0v) is 15.0. The van der Waals surface area contributed by atoms with Crippen LogP contribution in [-0.4, -0.2) is 32.8 Å². The van der Waals surface area contributed by atoms with E-state index in [4.69, 9.17) is 16.3 Å². The molecule has 0 radical (unpaired) electrons. The lowest BCUT2D eigenvalue weighted by Gasteiger charge is -2.16. The molecule has 0 heterocycles. The monoisotopic (exact) mass is 362 g/mol. The summed E-state index contributed by atoms with van der Waals surface area (Å²) in [4.78, 5) is 24.8. The van der Waals surface area contributed by atoms with Crippen molar-refractivity contribution in [3.63, 3.8) is 0 Å². The first kappa shape index (κ1) is 18.6. The number of carbonyl (C=O) groups is 2. The second-order valence-electron chi connectivity index (χ2n) is 5.32. The van der Waals surface area contributed by atoms with Crippen LogP contribution in [0.5, 0.6) is 5.75 Å². The van der Waals surface area contributed by atoms with Crippen molar-refractivity contribution in [2.45, 2.75) is 6.92 Å². The maximum absolute atomic E-state index is 12.0. The molecule has 0 aliphatic rings. The molecule has 0 unspecified atom stereocenters. The third-order valence-electron chi connectivity index (χ3n) is 3.49. The Morgan fingerprint density at radius 3 is 2.44 bits per heavy atom. The van der Waals surface area contributed by atoms with Crippen LogP contribution in [-0.2, 0) is 9.53 Å². The molecule has 0 saturated carbocycles. The number of aryl methyl sites for hydroxylation is 1. The number of amides is 2. The van der Waals surface area contributed by atoms with Crippen LogP contribution < -0.4 is 15.0 Å². The third kappa shape index (κ3) is 5.12. The Morgan fingerprint density at radius 2 is 1.84 bits per heavy atom. The van der Waals surface area contributed by atoms with E-state index >= 15 is 0 Å². The van der Waals surface area contributed by atoms with E-state index in [-0.39, 0.29) is 12.5 Å². The first-order valence-electron chi connectivity index (χ1n) is 7.51. The van der Waals surface area contributed by atoms with E-state index in [2.05, 4.69) is 10.1 Å². The molecule has 0 spiro atoms. The molecule has 2 aromatic carbocycles. The van der Waals surface area contributed by atoms with Crippen molar-refractivity contribution >= 4 is 35.0 Å². The van der Waals surface area contributed by atoms with Gasteiger partial charge in [0.15, 0.2) is 6.61 Å². The molecule has 7 heteroatoms. The maximum Gasteiger partial charge on any atom is 0.413 e. The summed E-state index contributed by atoms with van der Waals surface area (Å²) >= 11 is 5.95. The highest BCUT2D eigenvalue weighted by Gasteiger charge is 2.11. The van der Waals surface area contributed by atoms with Crippen molar-refractivity contribution in [3.8, 4) is 5.75 Å². The van der Waals surface area contributed by atoms with Crippen molar-refractivity contribution in [1.29, 1.82) is 0 Å². The number of nitrogens with zero attached hydrogens (tertiary/aromatic N) is 1. The largest absolute Gasteiger partial charge is 0.484 e. The Hall–Kier alpha value is -2.73. The number of halogens is 1. The van der Waals surface area contributed by atoms with Gasteiger partial charge >= 0.3 is 6.09 Å². The second-order valence-corrected chi connectivity index (χ2v) is 5.73. The fourth-order valence-electron chi connectivity index (χ4n) is 2.06. The summed E-state index contributed by atoms with van der Waals surface area (Å²) < 4.78 is 10.1. The first-order chi connectivity index (χ1) is 11.9. The summed E-state index contributed by atoms with van der Waals surface area (Å²) in [6.45, 7) is 1.74. The van der Waals surface area contributed by atoms with Crippen molar-refractivity contribution in [3.05, 3.63) is 53.1 Å². The lowest BCUT2D eigenvalue weighted by atomic mass is 10.2. The van der Waals surface area contributed by atoms with Gasteiger partial charge in [-0.1, -0.05) is 11.6 Å². The van der Waals surface area contributed by atoms with Gasteiger partial charge in [-0.05, 0) is 55.0 Å². The molecule has 0 aliphatic carbocycles. The van der Waals surface area contributed by atoms with E-state index in [1.807, 2.05) is 6.92 Å². The fourth-order valence-corrected chi connectivity index (χ4v) is 2.18. The van der Waals surface area contributed by atoms with Crippen LogP contribution in [0.1, 0.15) is 5.56 Å². The van der Waals surface area contributed by atoms with Gasteiger partial charge in [-0.2, -0.15) is 0 Å². The van der Waals surface area contributed by atoms with Gasteiger partial charge in [0.25, 0.3) is 5.91 Å². The Kier molecular flexibility index (Phi) is 6.25. The molecule has 0 atom stereocenters. The minimum absolute atomic E-state index is 0.120. The predicted octanol–water partition coefficient (Wildman–Crippen LogP) is 3.87. The van der Waals surface area contributed by atoms with E-state index in [1.54, 1.807) is 49.5 Å². The van der Waals surface area contributed by atoms with E-state index in [1.165, 1.54) is 12.0 Å². The van der Waals surface area contributed by atoms with Crippen molar-refractivity contribution in [2.24, 2.45) is 0 Å². The van der Waals surface area contributed by atoms with Crippen LogP contribution in [0.25, 0.3) is 0 Å². The predicted molar refractivity (Wildman–Crippen MR) is 97.6 cm³/mol. The molecule has 0 saturated heterocycles. The average molecular weight is 363 g/mol. The summed E-state index contributed by atoms with van der Waals surface area (Å²) in [7, 11) is 2.91. The zero-order valence-electron chi connectivity index (χ0n) is 14.2. The number of benzene rings is 2. The van der Waals surface area contributed by atoms with Crippen molar-refractivity contribution in [1.82, 2.24) is 0 Å². The van der Waals surface area contributed by atoms with Crippen molar-refractivity contribution < 1.29 is 19.1 Å². The molecule has 0 aliphatic heterocycles. The van der Waals surface area contributed by atoms with Crippen LogP contribution in [0.3, 0.4) is 0 Å². The standard InChI is InChI=1S/C18H19ClN2O4/c1-12-10-15(8-9-16(12)19)25-11-17(22)20-13-4-6-14(7-5-13)21(2)18(23)24-3/h4-10H,11H2,1-3H3,(H,20,22). The smallest absolute Gasteiger partial charge is 0.413 e. The molecule has 2 rings (SSSR count). The highest BCUT2D eigenvalue weighted by atomic mass is 35.5. The molecule has 1 N–H and O–H groups in total. The number of anilines is 2. The van der Waals surface area contributed by atoms with E-state index < -0.39 is 6.09 Å². The summed E-state index contributed by atoms with van der Waals surface area (Å²) in [5.41, 5.74) is 2.13. The van der Waals surface area contributed by atoms with Crippen molar-refractivity contribution in [2.75, 3.05) is 31.0 Å². The molecule has 6 nitrogen and oxygen atoms in total. The van der Waals surface area contributed by atoms with Crippen LogP contribution >= 0.6 is 11.6 Å². The Bertz CT molecular complexity index is 762. The van der Waals surface area contributed by atoms with Gasteiger partial charge in [-0.15, -0.1) is 0 Å². The van der Waals surface area contributed by atoms with Gasteiger partial charge in [0, 0.05) is 23.4 Å². The Labute approximate surface area is 151 Å². The number of ether oxygens (including phenoxy) is 2. The Balaban J connectivity index is 1.89. The van der Waals surface area contributed by atoms with Gasteiger partial charge < -0.3 is 14.8 Å². The lowest BCUT2D eigenvalue weighted by Crippen LogP contribution is -2.25. The van der Waals surface area contributed by atoms with Gasteiger partial charge in [0.2, 0.25) is 0 Å². The van der Waals surface area contributed by atoms with Crippen LogP contribution in [0, 0.1) is 6.92 Å². The quantitative estimate of drug-likeness (QED) is 0.876. The third-order valence-corrected chi connectivity index (χ3v) is 3.91. The number of nitrogens with one attached hydrogen (secondary N) is 1. The topological polar surface area (TPSA) is 67.9 Å². The molecule has 2 amide bonds. The normalized spacial score (nSPS) is 10.1. The molecule has 0 aromatic heterocycles. The van der Waals surface area contributed by atoms with Crippen LogP contribution in [0.15, 0.2) is 42.5 Å². The molecule has 0 bridgehead atoms. The number of carbonyl (C=O) groups excluding carboxylic acids is 2. The number of hydrogen-bond donors (Lipinski definition) is 1. The highest BCUT2D eigenvalue weighted by molar-refractivity contribution is 6.31. The molecular weight excluding hydrogens is 344 g/mol. The molecule has 25 heavy (non-hydrogen) atoms. The van der Waals surface area contributed by atoms with Gasteiger partial charge in [-0.25, -0.2) is 4.79 Å². The summed E-state index contributed by atoms with van der Waals surface area (Å²) in [6.07, 6.45) is -0.469. The summed E-state index contributed by atoms with van der Waals surface area (Å²) in [6, 6.07) is 12.0. The fraction of sp³-hybridized carbons (Fsp3) is 0.222. The molecule has 2 aromatic rings. The summed E-state index contributed by atoms with van der Waals surface area (Å²) in [5.74, 6) is 0.286. The number of rotatable bonds is 5. The molecular formula is C18H19ClN2O4. The second kappa shape index (κ2) is 8.39. The molecule has 0 fully saturated rings. The van der Waals surface area contributed by atoms with Gasteiger partial charge in [-0.3, -0.25) is 9.69 Å². The minimum Gasteiger partial charge on any atom is -0.484 e.